The van der Waals surface area contributed by atoms with Crippen LogP contribution >= 0.6 is 11.3 Å². The van der Waals surface area contributed by atoms with Crippen LogP contribution in [0.2, 0.25) is 0 Å². The molecule has 0 amide bonds. The maximum atomic E-state index is 5.65. The molecule has 1 aromatic heterocycles. The van der Waals surface area contributed by atoms with Gasteiger partial charge in [0.15, 0.2) is 5.13 Å². The summed E-state index contributed by atoms with van der Waals surface area (Å²) in [6, 6.07) is 0. The molecule has 4 heteroatoms. The lowest BCUT2D eigenvalue weighted by Gasteiger charge is -2.29. The number of rotatable bonds is 2. The molecule has 1 aliphatic heterocycles. The van der Waals surface area contributed by atoms with E-state index < -0.39 is 0 Å². The van der Waals surface area contributed by atoms with Gasteiger partial charge in [-0.05, 0) is 30.6 Å². The Labute approximate surface area is 114 Å². The second-order valence-electron chi connectivity index (χ2n) is 6.29. The lowest BCUT2D eigenvalue weighted by Crippen LogP contribution is -2.25. The van der Waals surface area contributed by atoms with Crippen molar-refractivity contribution < 1.29 is 0 Å². The number of aromatic nitrogens is 1. The summed E-state index contributed by atoms with van der Waals surface area (Å²) in [5, 5.41) is 1.16. The minimum Gasteiger partial charge on any atom is -0.348 e. The second-order valence-corrected chi connectivity index (χ2v) is 7.39. The second kappa shape index (κ2) is 5.57. The molecule has 0 radical (unpaired) electrons. The lowest BCUT2D eigenvalue weighted by molar-refractivity contribution is 0.220. The van der Waals surface area contributed by atoms with E-state index in [4.69, 9.17) is 5.73 Å². The number of hydrogen-bond acceptors (Lipinski definition) is 4. The number of hydrogen-bond donors (Lipinski definition) is 1. The van der Waals surface area contributed by atoms with Crippen molar-refractivity contribution in [3.63, 3.8) is 0 Å². The van der Waals surface area contributed by atoms with E-state index in [1.54, 1.807) is 11.3 Å². The smallest absolute Gasteiger partial charge is 0.185 e. The van der Waals surface area contributed by atoms with Crippen molar-refractivity contribution in [1.29, 1.82) is 0 Å². The lowest BCUT2D eigenvalue weighted by atomic mass is 9.77. The Kier molecular flexibility index (Phi) is 4.28. The van der Waals surface area contributed by atoms with Crippen LogP contribution in [0.4, 0.5) is 5.13 Å². The topological polar surface area (TPSA) is 42.2 Å². The Bertz CT molecular complexity index is 381. The third-order valence-electron chi connectivity index (χ3n) is 3.97. The van der Waals surface area contributed by atoms with Crippen molar-refractivity contribution in [3.05, 3.63) is 11.1 Å². The molecule has 1 aromatic rings. The maximum absolute atomic E-state index is 5.65. The molecular formula is C14H25N3S. The van der Waals surface area contributed by atoms with E-state index >= 15 is 0 Å². The Balaban J connectivity index is 2.00. The molecule has 2 N–H and O–H groups in total. The molecule has 0 aromatic carbocycles. The van der Waals surface area contributed by atoms with Crippen LogP contribution in [0.1, 0.15) is 44.9 Å². The van der Waals surface area contributed by atoms with E-state index in [2.05, 4.69) is 30.7 Å². The SMILES string of the molecule is CC(C)(C)C1CCCN(c2ncc(CN)s2)CC1. The van der Waals surface area contributed by atoms with Crippen LogP contribution in [0.3, 0.4) is 0 Å². The highest BCUT2D eigenvalue weighted by molar-refractivity contribution is 7.15. The standard InChI is InChI=1S/C14H25N3S/c1-14(2,3)11-5-4-7-17(8-6-11)13-16-10-12(9-15)18-13/h10-11H,4-9,15H2,1-3H3. The quantitative estimate of drug-likeness (QED) is 0.894. The Morgan fingerprint density at radius 2 is 2.17 bits per heavy atom. The highest BCUT2D eigenvalue weighted by Gasteiger charge is 2.27. The first-order chi connectivity index (χ1) is 8.50. The molecule has 102 valence electrons. The molecule has 1 saturated heterocycles. The summed E-state index contributed by atoms with van der Waals surface area (Å²) in [5.41, 5.74) is 6.09. The van der Waals surface area contributed by atoms with Gasteiger partial charge in [0.1, 0.15) is 0 Å². The largest absolute Gasteiger partial charge is 0.348 e. The van der Waals surface area contributed by atoms with Crippen LogP contribution in [0.5, 0.6) is 0 Å². The number of thiazole rings is 1. The third kappa shape index (κ3) is 3.23. The van der Waals surface area contributed by atoms with Gasteiger partial charge in [-0.2, -0.15) is 0 Å². The predicted octanol–water partition coefficient (Wildman–Crippen LogP) is 3.25. The number of anilines is 1. The fraction of sp³-hybridized carbons (Fsp3) is 0.786. The van der Waals surface area contributed by atoms with Crippen LogP contribution in [0.15, 0.2) is 6.20 Å². The summed E-state index contributed by atoms with van der Waals surface area (Å²) >= 11 is 1.75. The van der Waals surface area contributed by atoms with Gasteiger partial charge in [-0.25, -0.2) is 4.98 Å². The van der Waals surface area contributed by atoms with Gasteiger partial charge in [-0.15, -0.1) is 11.3 Å². The molecule has 2 heterocycles. The highest BCUT2D eigenvalue weighted by Crippen LogP contribution is 2.35. The van der Waals surface area contributed by atoms with Gasteiger partial charge in [0.25, 0.3) is 0 Å². The van der Waals surface area contributed by atoms with Crippen LogP contribution in [-0.2, 0) is 6.54 Å². The van der Waals surface area contributed by atoms with Crippen molar-refractivity contribution in [3.8, 4) is 0 Å². The molecule has 0 saturated carbocycles. The van der Waals surface area contributed by atoms with Crippen molar-refractivity contribution >= 4 is 16.5 Å². The summed E-state index contributed by atoms with van der Waals surface area (Å²) < 4.78 is 0. The first-order valence-corrected chi connectivity index (χ1v) is 7.72. The summed E-state index contributed by atoms with van der Waals surface area (Å²) in [5.74, 6) is 0.830. The van der Waals surface area contributed by atoms with E-state index in [1.165, 1.54) is 24.1 Å². The summed E-state index contributed by atoms with van der Waals surface area (Å²) in [7, 11) is 0. The first kappa shape index (κ1) is 13.8. The van der Waals surface area contributed by atoms with Gasteiger partial charge in [0.05, 0.1) is 0 Å². The minimum absolute atomic E-state index is 0.432. The fourth-order valence-electron chi connectivity index (χ4n) is 2.69. The normalized spacial score (nSPS) is 22.0. The van der Waals surface area contributed by atoms with E-state index in [9.17, 15) is 0 Å². The first-order valence-electron chi connectivity index (χ1n) is 6.90. The Hall–Kier alpha value is -0.610. The molecule has 3 nitrogen and oxygen atoms in total. The molecule has 1 unspecified atom stereocenters. The van der Waals surface area contributed by atoms with E-state index in [0.29, 0.717) is 12.0 Å². The summed E-state index contributed by atoms with van der Waals surface area (Å²) in [4.78, 5) is 8.13. The summed E-state index contributed by atoms with van der Waals surface area (Å²) in [6.07, 6.45) is 5.82. The molecule has 0 spiro atoms. The van der Waals surface area contributed by atoms with Gasteiger partial charge in [-0.1, -0.05) is 20.8 Å². The average Bonchev–Trinajstić information content (AvgIpc) is 2.64. The van der Waals surface area contributed by atoms with Gasteiger partial charge < -0.3 is 10.6 Å². The highest BCUT2D eigenvalue weighted by atomic mass is 32.1. The predicted molar refractivity (Wildman–Crippen MR) is 79.0 cm³/mol. The van der Waals surface area contributed by atoms with Crippen molar-refractivity contribution in [2.24, 2.45) is 17.1 Å². The van der Waals surface area contributed by atoms with Crippen LogP contribution in [-0.4, -0.2) is 18.1 Å². The zero-order valence-corrected chi connectivity index (χ0v) is 12.6. The maximum Gasteiger partial charge on any atom is 0.185 e. The van der Waals surface area contributed by atoms with Crippen LogP contribution < -0.4 is 10.6 Å². The van der Waals surface area contributed by atoms with E-state index in [-0.39, 0.29) is 0 Å². The van der Waals surface area contributed by atoms with Gasteiger partial charge in [-0.3, -0.25) is 0 Å². The van der Waals surface area contributed by atoms with E-state index in [1.807, 2.05) is 6.20 Å². The zero-order valence-electron chi connectivity index (χ0n) is 11.8. The average molecular weight is 267 g/mol. The van der Waals surface area contributed by atoms with Crippen LogP contribution in [0.25, 0.3) is 0 Å². The van der Waals surface area contributed by atoms with Crippen LogP contribution in [0, 0.1) is 11.3 Å². The van der Waals surface area contributed by atoms with Gasteiger partial charge in [0.2, 0.25) is 0 Å². The molecule has 1 aliphatic rings. The molecule has 2 rings (SSSR count). The third-order valence-corrected chi connectivity index (χ3v) is 5.05. The zero-order chi connectivity index (χ0) is 13.2. The van der Waals surface area contributed by atoms with Crippen molar-refractivity contribution in [2.45, 2.75) is 46.6 Å². The van der Waals surface area contributed by atoms with Crippen molar-refractivity contribution in [2.75, 3.05) is 18.0 Å². The van der Waals surface area contributed by atoms with E-state index in [0.717, 1.165) is 24.1 Å². The molecular weight excluding hydrogens is 242 g/mol. The number of nitrogens with two attached hydrogens (primary N) is 1. The van der Waals surface area contributed by atoms with Crippen molar-refractivity contribution in [1.82, 2.24) is 4.98 Å². The minimum atomic E-state index is 0.432. The monoisotopic (exact) mass is 267 g/mol. The Morgan fingerprint density at radius 3 is 2.78 bits per heavy atom. The molecule has 1 fully saturated rings. The molecule has 0 bridgehead atoms. The van der Waals surface area contributed by atoms with Gasteiger partial charge >= 0.3 is 0 Å². The number of nitrogens with zero attached hydrogens (tertiary/aromatic N) is 2. The fourth-order valence-corrected chi connectivity index (χ4v) is 3.53. The molecule has 0 aliphatic carbocycles. The Morgan fingerprint density at radius 1 is 1.39 bits per heavy atom. The van der Waals surface area contributed by atoms with Gasteiger partial charge in [0, 0.05) is 30.7 Å². The molecule has 18 heavy (non-hydrogen) atoms. The molecule has 1 atom stereocenters. The summed E-state index contributed by atoms with van der Waals surface area (Å²) in [6.45, 7) is 9.98.